The molecule has 0 radical (unpaired) electrons. The van der Waals surface area contributed by atoms with Gasteiger partial charge in [0.2, 0.25) is 11.8 Å². The van der Waals surface area contributed by atoms with E-state index in [2.05, 4.69) is 71.7 Å². The number of hydrogen-bond acceptors (Lipinski definition) is 26. The molecule has 9 aromatic rings. The van der Waals surface area contributed by atoms with Crippen LogP contribution in [0.1, 0.15) is 69.2 Å². The zero-order chi connectivity index (χ0) is 71.6. The van der Waals surface area contributed by atoms with Crippen LogP contribution in [0, 0.1) is 46.5 Å². The van der Waals surface area contributed by atoms with Gasteiger partial charge in [0.05, 0.1) is 41.7 Å². The zero-order valence-corrected chi connectivity index (χ0v) is 56.8. The second kappa shape index (κ2) is 43.3. The third-order valence-electron chi connectivity index (χ3n) is 11.6. The average Bonchev–Trinajstić information content (AvgIpc) is 1.80. The lowest BCUT2D eigenvalue weighted by atomic mass is 10.1. The molecule has 10 N–H and O–H groups in total. The molecular formula is C65H83ClN18O15. The first kappa shape index (κ1) is 83.3. The van der Waals surface area contributed by atoms with Crippen LogP contribution in [0.4, 0.5) is 9.59 Å². The van der Waals surface area contributed by atoms with E-state index in [0.29, 0.717) is 53.4 Å². The number of aliphatic carboxylic acids is 1. The Balaban J connectivity index is 0.000000428. The number of carbonyl (C=O) groups is 5. The number of halogens is 1. The Morgan fingerprint density at radius 2 is 0.879 bits per heavy atom. The first-order valence-electron chi connectivity index (χ1n) is 28.9. The Morgan fingerprint density at radius 1 is 0.535 bits per heavy atom. The van der Waals surface area contributed by atoms with Crippen LogP contribution in [-0.2, 0) is 28.6 Å². The maximum absolute atomic E-state index is 11.6. The fourth-order valence-electron chi connectivity index (χ4n) is 7.50. The predicted molar refractivity (Wildman–Crippen MR) is 370 cm³/mol. The summed E-state index contributed by atoms with van der Waals surface area (Å²) >= 11 is 4.86. The quantitative estimate of drug-likeness (QED) is 0.00904. The van der Waals surface area contributed by atoms with E-state index in [9.17, 15) is 24.0 Å². The number of nitrogens with zero attached hydrogens (tertiary/aromatic N) is 14. The number of nitrogens with two attached hydrogens (primary N) is 3. The smallest absolute Gasteiger partial charge is 0.497 e. The summed E-state index contributed by atoms with van der Waals surface area (Å²) in [5.41, 5.74) is 8.80. The molecular weight excluding hydrogens is 1310 g/mol. The number of carboxylic acid groups (broad SMARTS) is 1. The molecule has 0 spiro atoms. The van der Waals surface area contributed by atoms with Crippen LogP contribution >= 0.6 is 11.6 Å². The Kier molecular flexibility index (Phi) is 36.5. The summed E-state index contributed by atoms with van der Waals surface area (Å²) < 4.78 is 45.5. The van der Waals surface area contributed by atoms with Crippen molar-refractivity contribution in [3.63, 3.8) is 0 Å². The lowest BCUT2D eigenvalue weighted by Gasteiger charge is -2.05. The maximum atomic E-state index is 11.6. The van der Waals surface area contributed by atoms with Crippen molar-refractivity contribution < 1.29 is 72.1 Å². The van der Waals surface area contributed by atoms with Crippen molar-refractivity contribution in [2.24, 2.45) is 29.4 Å². The number of rotatable bonds is 20. The second-order valence-corrected chi connectivity index (χ2v) is 21.0. The number of ether oxygens (including phenoxy) is 7. The van der Waals surface area contributed by atoms with E-state index in [1.54, 1.807) is 58.6 Å². The number of hydrazine groups is 2. The molecule has 0 aliphatic heterocycles. The van der Waals surface area contributed by atoms with Gasteiger partial charge >= 0.3 is 23.5 Å². The van der Waals surface area contributed by atoms with Crippen molar-refractivity contribution in [1.29, 1.82) is 0 Å². The minimum atomic E-state index is -1.03. The Morgan fingerprint density at radius 3 is 1.18 bits per heavy atom. The molecule has 0 unspecified atom stereocenters. The SMILES string of the molecule is C.CC(C)COC(=O)Cl.COc1cc(C)cc(-c2ncn(/C=C\C(=O)NN)n2)c1.COc1cc(C)cc(-c2ncn(/C=C\C(=O)O)n2)c1.COc1cc(C)cc(-c2ncn(/C=C\C(=O)OC(=O)OCC(C)C)n2)c1.COc1cc(C)cc(-c2ncn(/C=C\c3nnc(C)o3)n2)c1.NN.O. The van der Waals surface area contributed by atoms with Gasteiger partial charge in [-0.3, -0.25) is 21.9 Å². The van der Waals surface area contributed by atoms with E-state index in [4.69, 9.17) is 50.7 Å². The van der Waals surface area contributed by atoms with E-state index < -0.39 is 29.4 Å². The molecule has 0 saturated carbocycles. The van der Waals surface area contributed by atoms with Gasteiger partial charge in [0, 0.05) is 89.9 Å². The lowest BCUT2D eigenvalue weighted by Crippen LogP contribution is -2.28. The highest BCUT2D eigenvalue weighted by molar-refractivity contribution is 6.61. The number of aryl methyl sites for hydroxylation is 5. The van der Waals surface area contributed by atoms with Crippen molar-refractivity contribution >= 4 is 71.9 Å². The van der Waals surface area contributed by atoms with Gasteiger partial charge in [-0.1, -0.05) is 35.1 Å². The lowest BCUT2D eigenvalue weighted by molar-refractivity contribution is -0.134. The number of esters is 1. The van der Waals surface area contributed by atoms with E-state index in [-0.39, 0.29) is 25.4 Å². The van der Waals surface area contributed by atoms with Crippen LogP contribution in [0.25, 0.3) is 76.4 Å². The molecule has 4 aromatic carbocycles. The van der Waals surface area contributed by atoms with Gasteiger partial charge in [-0.25, -0.2) is 63.7 Å². The first-order valence-corrected chi connectivity index (χ1v) is 29.3. The van der Waals surface area contributed by atoms with E-state index in [0.717, 1.165) is 73.9 Å². The van der Waals surface area contributed by atoms with E-state index in [1.807, 2.05) is 134 Å². The molecule has 33 nitrogen and oxygen atoms in total. The zero-order valence-electron chi connectivity index (χ0n) is 56.1. The summed E-state index contributed by atoms with van der Waals surface area (Å²) in [7, 11) is 6.43. The van der Waals surface area contributed by atoms with Crippen molar-refractivity contribution in [1.82, 2.24) is 74.7 Å². The summed E-state index contributed by atoms with van der Waals surface area (Å²) in [5, 5.41) is 33.2. The molecule has 530 valence electrons. The van der Waals surface area contributed by atoms with Crippen molar-refractivity contribution in [3.05, 3.63) is 150 Å². The predicted octanol–water partition coefficient (Wildman–Crippen LogP) is 8.84. The number of carboxylic acids is 1. The van der Waals surface area contributed by atoms with Gasteiger partial charge in [-0.2, -0.15) is 0 Å². The summed E-state index contributed by atoms with van der Waals surface area (Å²) in [5.74, 6) is 17.2. The fourth-order valence-corrected chi connectivity index (χ4v) is 7.56. The van der Waals surface area contributed by atoms with E-state index in [1.165, 1.54) is 57.7 Å². The van der Waals surface area contributed by atoms with Crippen molar-refractivity contribution in [2.75, 3.05) is 41.7 Å². The third-order valence-corrected chi connectivity index (χ3v) is 11.7. The summed E-state index contributed by atoms with van der Waals surface area (Å²) in [6.07, 6.45) is 15.8. The molecule has 0 bridgehead atoms. The third kappa shape index (κ3) is 30.7. The number of hydrogen-bond donors (Lipinski definition) is 5. The molecule has 0 fully saturated rings. The number of carbonyl (C=O) groups excluding carboxylic acids is 4. The van der Waals surface area contributed by atoms with Gasteiger partial charge < -0.3 is 48.2 Å². The van der Waals surface area contributed by atoms with Crippen molar-refractivity contribution in [2.45, 2.75) is 69.7 Å². The summed E-state index contributed by atoms with van der Waals surface area (Å²) in [6, 6.07) is 22.9. The van der Waals surface area contributed by atoms with Gasteiger partial charge in [-0.15, -0.1) is 30.6 Å². The van der Waals surface area contributed by atoms with Crippen LogP contribution in [-0.4, -0.2) is 151 Å². The standard InChI is InChI=1S/C18H21N3O5.C15H15N5O2.C13H15N5O2.C13H13N3O3.C5H9ClO2.CH4.H4N2.H2O/c1-12(2)10-25-18(23)26-16(22)5-6-21-11-19-17(20-21)14-7-13(3)8-15(9-14)24-4;1-10-6-12(8-13(7-10)21-3)15-16-9-20(19-15)5-4-14-18-17-11(2)22-14;1-9-5-10(7-11(6-9)20-2)13-15-8-18(17-13)4-3-12(19)16-14;1-9-5-10(7-11(6-9)19-2)13-14-8-16(15-13)4-3-12(17)18;1-4(2)3-8-5(6)7;;1-2;/h5-9,11-12H,10H2,1-4H3;4-9H,1-3H3;3-8H,14H2,1-2H3,(H,16,19);3-8H,1-2H3,(H,17,18);4H,3H2,1-2H3;1H4;1-2H2;1H2/b6-5-;5-4-;2*4-3-;;;;. The highest BCUT2D eigenvalue weighted by Crippen LogP contribution is 2.27. The number of methoxy groups -OCH3 is 4. The molecule has 9 rings (SSSR count). The Hall–Kier alpha value is -11.8. The monoisotopic (exact) mass is 1390 g/mol. The molecule has 34 heteroatoms. The molecule has 0 aliphatic rings. The van der Waals surface area contributed by atoms with Crippen LogP contribution < -0.4 is 41.9 Å². The number of amides is 1. The van der Waals surface area contributed by atoms with Crippen molar-refractivity contribution in [3.8, 4) is 68.5 Å². The summed E-state index contributed by atoms with van der Waals surface area (Å²) in [4.78, 5) is 71.0. The Labute approximate surface area is 576 Å². The van der Waals surface area contributed by atoms with Crippen LogP contribution in [0.2, 0.25) is 0 Å². The second-order valence-electron chi connectivity index (χ2n) is 20.7. The van der Waals surface area contributed by atoms with Gasteiger partial charge in [0.15, 0.2) is 23.3 Å². The largest absolute Gasteiger partial charge is 0.516 e. The van der Waals surface area contributed by atoms with Crippen LogP contribution in [0.15, 0.2) is 121 Å². The molecule has 0 saturated heterocycles. The molecule has 5 heterocycles. The Bertz CT molecular complexity index is 4130. The molecule has 0 atom stereocenters. The molecule has 99 heavy (non-hydrogen) atoms. The van der Waals surface area contributed by atoms with Gasteiger partial charge in [0.1, 0.15) is 48.3 Å². The molecule has 1 amide bonds. The first-order chi connectivity index (χ1) is 46.3. The average molecular weight is 1390 g/mol. The van der Waals surface area contributed by atoms with E-state index >= 15 is 0 Å². The topological polar surface area (TPSA) is 454 Å². The minimum absolute atomic E-state index is 0. The van der Waals surface area contributed by atoms with Gasteiger partial charge in [-0.05, 0) is 135 Å². The highest BCUT2D eigenvalue weighted by atomic mass is 35.5. The fraction of sp³-hybridized carbons (Fsp3) is 0.277. The number of nitrogens with one attached hydrogen (secondary N) is 1. The highest BCUT2D eigenvalue weighted by Gasteiger charge is 2.13. The maximum Gasteiger partial charge on any atom is 0.516 e. The number of aromatic nitrogens is 14. The van der Waals surface area contributed by atoms with Crippen LogP contribution in [0.3, 0.4) is 0 Å². The molecule has 5 aromatic heterocycles. The van der Waals surface area contributed by atoms with Gasteiger partial charge in [0.25, 0.3) is 5.91 Å². The summed E-state index contributed by atoms with van der Waals surface area (Å²) in [6.45, 7) is 17.8. The number of benzene rings is 4. The molecule has 0 aliphatic carbocycles. The van der Waals surface area contributed by atoms with Crippen LogP contribution in [0.5, 0.6) is 23.0 Å². The normalized spacial score (nSPS) is 10.5. The minimum Gasteiger partial charge on any atom is -0.497 e.